The minimum atomic E-state index is -3.68. The van der Waals surface area contributed by atoms with Crippen LogP contribution in [0.3, 0.4) is 0 Å². The molecule has 3 aromatic rings. The van der Waals surface area contributed by atoms with Gasteiger partial charge in [-0.05, 0) is 25.3 Å². The minimum Gasteiger partial charge on any atom is -0.360 e. The largest absolute Gasteiger partial charge is 0.360 e. The van der Waals surface area contributed by atoms with Gasteiger partial charge in [0, 0.05) is 13.0 Å². The smallest absolute Gasteiger partial charge is 0.245 e. The van der Waals surface area contributed by atoms with Crippen LogP contribution in [0.2, 0.25) is 0 Å². The van der Waals surface area contributed by atoms with Crippen LogP contribution in [0, 0.1) is 13.8 Å². The third kappa shape index (κ3) is 3.33. The van der Waals surface area contributed by atoms with Crippen molar-refractivity contribution in [3.05, 3.63) is 34.9 Å². The highest BCUT2D eigenvalue weighted by atomic mass is 32.2. The molecule has 0 saturated carbocycles. The van der Waals surface area contributed by atoms with Crippen LogP contribution in [0.5, 0.6) is 0 Å². The fourth-order valence-electron chi connectivity index (χ4n) is 2.09. The quantitative estimate of drug-likeness (QED) is 0.720. The summed E-state index contributed by atoms with van der Waals surface area (Å²) >= 11 is 1.51. The van der Waals surface area contributed by atoms with E-state index in [1.165, 1.54) is 11.3 Å². The Balaban J connectivity index is 1.64. The van der Waals surface area contributed by atoms with E-state index in [9.17, 15) is 8.42 Å². The third-order valence-corrected chi connectivity index (χ3v) is 5.65. The second kappa shape index (κ2) is 6.22. The maximum Gasteiger partial charge on any atom is 0.245 e. The van der Waals surface area contributed by atoms with Crippen molar-refractivity contribution in [2.24, 2.45) is 0 Å². The average Bonchev–Trinajstić information content (AvgIpc) is 3.19. The van der Waals surface area contributed by atoms with Gasteiger partial charge in [-0.3, -0.25) is 0 Å². The lowest BCUT2D eigenvalue weighted by Gasteiger charge is -2.04. The van der Waals surface area contributed by atoms with Crippen molar-refractivity contribution in [1.82, 2.24) is 20.0 Å². The number of nitrogens with one attached hydrogen (secondary N) is 1. The molecule has 8 nitrogen and oxygen atoms in total. The summed E-state index contributed by atoms with van der Waals surface area (Å²) in [6, 6.07) is 3.78. The zero-order valence-corrected chi connectivity index (χ0v) is 14.1. The maximum absolute atomic E-state index is 12.2. The molecule has 0 bridgehead atoms. The lowest BCUT2D eigenvalue weighted by molar-refractivity contribution is 0.379. The van der Waals surface area contributed by atoms with Crippen molar-refractivity contribution < 1.29 is 17.5 Å². The fraction of sp³-hybridized carbons (Fsp3) is 0.308. The number of nitrogens with zero attached hydrogens (tertiary/aromatic N) is 3. The Hall–Kier alpha value is -2.04. The Morgan fingerprint density at radius 3 is 2.74 bits per heavy atom. The van der Waals surface area contributed by atoms with Gasteiger partial charge in [0.2, 0.25) is 21.7 Å². The molecule has 122 valence electrons. The monoisotopic (exact) mass is 354 g/mol. The van der Waals surface area contributed by atoms with Gasteiger partial charge in [-0.1, -0.05) is 16.4 Å². The van der Waals surface area contributed by atoms with E-state index in [-0.39, 0.29) is 17.2 Å². The van der Waals surface area contributed by atoms with Crippen molar-refractivity contribution in [3.8, 4) is 10.7 Å². The Kier molecular flexibility index (Phi) is 4.28. The zero-order valence-electron chi connectivity index (χ0n) is 12.4. The summed E-state index contributed by atoms with van der Waals surface area (Å²) in [6.45, 7) is 3.27. The molecule has 0 saturated heterocycles. The summed E-state index contributed by atoms with van der Waals surface area (Å²) in [5, 5.41) is 9.44. The molecule has 0 fully saturated rings. The summed E-state index contributed by atoms with van der Waals surface area (Å²) in [4.78, 5) is 5.21. The first-order valence-corrected chi connectivity index (χ1v) is 9.12. The molecule has 1 N–H and O–H groups in total. The van der Waals surface area contributed by atoms with Gasteiger partial charge >= 0.3 is 0 Å². The van der Waals surface area contributed by atoms with Crippen molar-refractivity contribution >= 4 is 21.4 Å². The lowest BCUT2D eigenvalue weighted by atomic mass is 10.4. The molecule has 3 heterocycles. The molecule has 3 aromatic heterocycles. The summed E-state index contributed by atoms with van der Waals surface area (Å²) in [6.07, 6.45) is 0.293. The molecule has 3 rings (SSSR count). The van der Waals surface area contributed by atoms with Gasteiger partial charge in [0.15, 0.2) is 5.76 Å². The van der Waals surface area contributed by atoms with Gasteiger partial charge in [0.1, 0.15) is 10.6 Å². The van der Waals surface area contributed by atoms with E-state index < -0.39 is 10.0 Å². The van der Waals surface area contributed by atoms with Gasteiger partial charge in [0.05, 0.1) is 4.88 Å². The molecule has 0 unspecified atom stereocenters. The van der Waals surface area contributed by atoms with E-state index in [0.717, 1.165) is 4.88 Å². The van der Waals surface area contributed by atoms with E-state index >= 15 is 0 Å². The molecule has 23 heavy (non-hydrogen) atoms. The molecule has 0 aliphatic carbocycles. The number of hydrogen-bond acceptors (Lipinski definition) is 8. The second-order valence-electron chi connectivity index (χ2n) is 4.79. The van der Waals surface area contributed by atoms with Crippen LogP contribution in [-0.2, 0) is 16.4 Å². The highest BCUT2D eigenvalue weighted by molar-refractivity contribution is 7.89. The summed E-state index contributed by atoms with van der Waals surface area (Å²) in [5.74, 6) is 1.13. The van der Waals surface area contributed by atoms with Crippen LogP contribution in [0.1, 0.15) is 17.3 Å². The van der Waals surface area contributed by atoms with Gasteiger partial charge in [-0.2, -0.15) is 4.98 Å². The van der Waals surface area contributed by atoms with E-state index in [0.29, 0.717) is 23.8 Å². The highest BCUT2D eigenvalue weighted by Crippen LogP contribution is 2.21. The predicted molar refractivity (Wildman–Crippen MR) is 82.5 cm³/mol. The Morgan fingerprint density at radius 1 is 1.26 bits per heavy atom. The van der Waals surface area contributed by atoms with Crippen molar-refractivity contribution in [2.75, 3.05) is 6.54 Å². The first-order chi connectivity index (χ1) is 11.0. The predicted octanol–water partition coefficient (Wildman–Crippen LogP) is 1.92. The molecular weight excluding hydrogens is 340 g/mol. The maximum atomic E-state index is 12.2. The van der Waals surface area contributed by atoms with Crippen LogP contribution in [0.25, 0.3) is 10.7 Å². The number of sulfonamides is 1. The minimum absolute atomic E-state index is 0.0716. The van der Waals surface area contributed by atoms with E-state index in [1.807, 2.05) is 17.5 Å². The molecule has 0 aromatic carbocycles. The van der Waals surface area contributed by atoms with Crippen molar-refractivity contribution in [2.45, 2.75) is 25.2 Å². The van der Waals surface area contributed by atoms with Gasteiger partial charge in [0.25, 0.3) is 0 Å². The van der Waals surface area contributed by atoms with E-state index in [1.54, 1.807) is 13.8 Å². The number of hydrogen-bond donors (Lipinski definition) is 1. The van der Waals surface area contributed by atoms with Crippen LogP contribution in [-0.4, -0.2) is 30.3 Å². The van der Waals surface area contributed by atoms with Crippen molar-refractivity contribution in [3.63, 3.8) is 0 Å². The third-order valence-electron chi connectivity index (χ3n) is 3.08. The highest BCUT2D eigenvalue weighted by Gasteiger charge is 2.23. The molecule has 0 spiro atoms. The van der Waals surface area contributed by atoms with Gasteiger partial charge in [-0.15, -0.1) is 11.3 Å². The Bertz CT molecular complexity index is 877. The van der Waals surface area contributed by atoms with E-state index in [2.05, 4.69) is 20.0 Å². The Morgan fingerprint density at radius 2 is 2.09 bits per heavy atom. The molecule has 0 atom stereocenters. The standard InChI is InChI=1S/C13H14N4O4S2/c1-8-12(9(2)20-16-8)23(18,19)14-6-5-11-15-13(17-21-11)10-4-3-7-22-10/h3-4,7,14H,5-6H2,1-2H3. The Labute approximate surface area is 136 Å². The molecular formula is C13H14N4O4S2. The molecule has 0 amide bonds. The number of aryl methyl sites for hydroxylation is 2. The first kappa shape index (κ1) is 15.8. The normalized spacial score (nSPS) is 11.9. The molecule has 0 aliphatic rings. The summed E-state index contributed by atoms with van der Waals surface area (Å²) < 4.78 is 37.0. The number of rotatable bonds is 6. The fourth-order valence-corrected chi connectivity index (χ4v) is 4.09. The topological polar surface area (TPSA) is 111 Å². The molecule has 10 heteroatoms. The number of thiophene rings is 1. The summed E-state index contributed by atoms with van der Waals surface area (Å²) in [5.41, 5.74) is 0.327. The van der Waals surface area contributed by atoms with Gasteiger partial charge < -0.3 is 9.05 Å². The first-order valence-electron chi connectivity index (χ1n) is 6.76. The molecule has 0 radical (unpaired) electrons. The average molecular weight is 354 g/mol. The SMILES string of the molecule is Cc1noc(C)c1S(=O)(=O)NCCc1nc(-c2cccs2)no1. The van der Waals surface area contributed by atoms with Crippen LogP contribution in [0.4, 0.5) is 0 Å². The van der Waals surface area contributed by atoms with Crippen LogP contribution in [0.15, 0.2) is 31.5 Å². The van der Waals surface area contributed by atoms with Crippen LogP contribution >= 0.6 is 11.3 Å². The van der Waals surface area contributed by atoms with Gasteiger partial charge in [-0.25, -0.2) is 13.1 Å². The lowest BCUT2D eigenvalue weighted by Crippen LogP contribution is -2.26. The second-order valence-corrected chi connectivity index (χ2v) is 7.44. The summed E-state index contributed by atoms with van der Waals surface area (Å²) in [7, 11) is -3.68. The molecule has 0 aliphatic heterocycles. The van der Waals surface area contributed by atoms with Crippen molar-refractivity contribution in [1.29, 1.82) is 0 Å². The van der Waals surface area contributed by atoms with Crippen LogP contribution < -0.4 is 4.72 Å². The zero-order chi connectivity index (χ0) is 16.4. The number of aromatic nitrogens is 3. The van der Waals surface area contributed by atoms with E-state index in [4.69, 9.17) is 9.05 Å².